The zero-order valence-electron chi connectivity index (χ0n) is 5.83. The summed E-state index contributed by atoms with van der Waals surface area (Å²) in [5.74, 6) is -5.83. The molecule has 0 amide bonds. The molecule has 0 unspecified atom stereocenters. The minimum atomic E-state index is -3.71. The van der Waals surface area contributed by atoms with Crippen molar-refractivity contribution in [2.75, 3.05) is 0 Å². The van der Waals surface area contributed by atoms with Gasteiger partial charge in [0.15, 0.2) is 0 Å². The van der Waals surface area contributed by atoms with Crippen molar-refractivity contribution in [3.8, 4) is 0 Å². The largest absolute Gasteiger partial charge is 0.477 e. The third kappa shape index (κ3) is 1.97. The van der Waals surface area contributed by atoms with Gasteiger partial charge in [0.25, 0.3) is 0 Å². The Morgan fingerprint density at radius 3 is 2.83 bits per heavy atom. The van der Waals surface area contributed by atoms with E-state index in [4.69, 9.17) is 5.11 Å². The molecule has 1 aromatic rings. The van der Waals surface area contributed by atoms with E-state index in [-0.39, 0.29) is 5.69 Å². The van der Waals surface area contributed by atoms with Crippen molar-refractivity contribution in [1.82, 2.24) is 4.37 Å². The lowest BCUT2D eigenvalue weighted by Gasteiger charge is -2.07. The molecule has 1 N–H and O–H groups in total. The highest BCUT2D eigenvalue weighted by Gasteiger charge is 2.39. The second-order valence-electron chi connectivity index (χ2n) is 2.18. The molecule has 0 spiro atoms. The Kier molecular flexibility index (Phi) is 2.37. The maximum Gasteiger partial charge on any atom is 0.374 e. The second-order valence-corrected chi connectivity index (χ2v) is 2.84. The summed E-state index contributed by atoms with van der Waals surface area (Å²) in [6, 6.07) is 1.38. The van der Waals surface area contributed by atoms with E-state index in [1.54, 1.807) is 0 Å². The van der Waals surface area contributed by atoms with Crippen molar-refractivity contribution in [2.24, 2.45) is 0 Å². The highest BCUT2D eigenvalue weighted by atomic mass is 32.1. The average Bonchev–Trinajstić information content (AvgIpc) is 2.38. The Labute approximate surface area is 70.8 Å². The summed E-state index contributed by atoms with van der Waals surface area (Å²) in [7, 11) is 0. The lowest BCUT2D eigenvalue weighted by molar-refractivity contribution is -0.164. The summed E-state index contributed by atoms with van der Waals surface area (Å²) >= 11 is 1.02. The number of halogens is 2. The molecule has 0 fully saturated rings. The van der Waals surface area contributed by atoms with Crippen molar-refractivity contribution >= 4 is 17.5 Å². The molecule has 1 rings (SSSR count). The summed E-state index contributed by atoms with van der Waals surface area (Å²) in [6.45, 7) is 0. The summed E-state index contributed by atoms with van der Waals surface area (Å²) < 4.78 is 28.5. The number of aliphatic carboxylic acids is 1. The SMILES string of the molecule is O=C(O)C(F)(F)Cc1ccsn1. The van der Waals surface area contributed by atoms with Gasteiger partial charge in [0, 0.05) is 5.38 Å². The molecule has 0 aromatic carbocycles. The van der Waals surface area contributed by atoms with Crippen LogP contribution in [0, 0.1) is 0 Å². The van der Waals surface area contributed by atoms with Crippen molar-refractivity contribution in [1.29, 1.82) is 0 Å². The van der Waals surface area contributed by atoms with Gasteiger partial charge < -0.3 is 5.11 Å². The van der Waals surface area contributed by atoms with Crippen molar-refractivity contribution < 1.29 is 18.7 Å². The normalized spacial score (nSPS) is 11.5. The molecule has 0 saturated heterocycles. The minimum Gasteiger partial charge on any atom is -0.477 e. The Morgan fingerprint density at radius 2 is 2.42 bits per heavy atom. The van der Waals surface area contributed by atoms with Crippen LogP contribution in [0.2, 0.25) is 0 Å². The fourth-order valence-electron chi connectivity index (χ4n) is 0.632. The summed E-state index contributed by atoms with van der Waals surface area (Å²) in [4.78, 5) is 9.97. The third-order valence-electron chi connectivity index (χ3n) is 1.21. The number of nitrogens with zero attached hydrogens (tertiary/aromatic N) is 1. The molecule has 1 aromatic heterocycles. The zero-order chi connectivity index (χ0) is 9.19. The first kappa shape index (κ1) is 9.05. The van der Waals surface area contributed by atoms with Crippen molar-refractivity contribution in [3.63, 3.8) is 0 Å². The fraction of sp³-hybridized carbons (Fsp3) is 0.333. The van der Waals surface area contributed by atoms with Crippen LogP contribution in [-0.2, 0) is 11.2 Å². The zero-order valence-corrected chi connectivity index (χ0v) is 6.65. The maximum absolute atomic E-state index is 12.5. The third-order valence-corrected chi connectivity index (χ3v) is 1.80. The number of rotatable bonds is 3. The van der Waals surface area contributed by atoms with Crippen LogP contribution in [-0.4, -0.2) is 21.4 Å². The van der Waals surface area contributed by atoms with Crippen LogP contribution in [0.5, 0.6) is 0 Å². The van der Waals surface area contributed by atoms with Gasteiger partial charge in [-0.25, -0.2) is 4.79 Å². The van der Waals surface area contributed by atoms with Crippen molar-refractivity contribution in [2.45, 2.75) is 12.3 Å². The molecule has 0 bridgehead atoms. The average molecular weight is 193 g/mol. The summed E-state index contributed by atoms with van der Waals surface area (Å²) in [5, 5.41) is 9.59. The molecule has 0 aliphatic rings. The van der Waals surface area contributed by atoms with Crippen molar-refractivity contribution in [3.05, 3.63) is 17.1 Å². The van der Waals surface area contributed by atoms with Gasteiger partial charge in [0.05, 0.1) is 12.1 Å². The molecule has 6 heteroatoms. The van der Waals surface area contributed by atoms with Crippen LogP contribution in [0.1, 0.15) is 5.69 Å². The number of hydrogen-bond donors (Lipinski definition) is 1. The molecule has 3 nitrogen and oxygen atoms in total. The van der Waals surface area contributed by atoms with E-state index in [9.17, 15) is 13.6 Å². The van der Waals surface area contributed by atoms with E-state index >= 15 is 0 Å². The molecule has 0 aliphatic carbocycles. The molecule has 66 valence electrons. The highest BCUT2D eigenvalue weighted by Crippen LogP contribution is 2.19. The summed E-state index contributed by atoms with van der Waals surface area (Å²) in [6.07, 6.45) is -0.841. The van der Waals surface area contributed by atoms with Gasteiger partial charge in [-0.15, -0.1) is 0 Å². The van der Waals surface area contributed by atoms with E-state index < -0.39 is 18.3 Å². The van der Waals surface area contributed by atoms with Gasteiger partial charge in [-0.3, -0.25) is 0 Å². The molecule has 1 heterocycles. The number of hydrogen-bond acceptors (Lipinski definition) is 3. The van der Waals surface area contributed by atoms with Gasteiger partial charge in [0.1, 0.15) is 0 Å². The molecular formula is C6H5F2NO2S. The van der Waals surface area contributed by atoms with Gasteiger partial charge in [-0.05, 0) is 17.6 Å². The molecular weight excluding hydrogens is 188 g/mol. The fourth-order valence-corrected chi connectivity index (χ4v) is 1.17. The number of aromatic nitrogens is 1. The smallest absolute Gasteiger partial charge is 0.374 e. The van der Waals surface area contributed by atoms with Crippen LogP contribution in [0.4, 0.5) is 8.78 Å². The van der Waals surface area contributed by atoms with Crippen LogP contribution >= 0.6 is 11.5 Å². The van der Waals surface area contributed by atoms with E-state index in [0.717, 1.165) is 11.5 Å². The number of alkyl halides is 2. The lowest BCUT2D eigenvalue weighted by atomic mass is 10.2. The van der Waals surface area contributed by atoms with Crippen LogP contribution in [0.15, 0.2) is 11.4 Å². The maximum atomic E-state index is 12.5. The second kappa shape index (κ2) is 3.14. The van der Waals surface area contributed by atoms with Crippen LogP contribution in [0.3, 0.4) is 0 Å². The van der Waals surface area contributed by atoms with Gasteiger partial charge in [-0.2, -0.15) is 13.2 Å². The Bertz CT molecular complexity index is 273. The molecule has 0 aliphatic heterocycles. The van der Waals surface area contributed by atoms with Crippen LogP contribution < -0.4 is 0 Å². The monoisotopic (exact) mass is 193 g/mol. The molecule has 0 radical (unpaired) electrons. The van der Waals surface area contributed by atoms with Gasteiger partial charge in [0.2, 0.25) is 0 Å². The predicted molar refractivity (Wildman–Crippen MR) is 38.4 cm³/mol. The Hall–Kier alpha value is -1.04. The topological polar surface area (TPSA) is 50.2 Å². The number of carboxylic acid groups (broad SMARTS) is 1. The lowest BCUT2D eigenvalue weighted by Crippen LogP contribution is -2.30. The minimum absolute atomic E-state index is 0.104. The molecule has 0 atom stereocenters. The van der Waals surface area contributed by atoms with Gasteiger partial charge in [-0.1, -0.05) is 0 Å². The molecule has 0 saturated carbocycles. The first-order valence-electron chi connectivity index (χ1n) is 3.03. The number of carbonyl (C=O) groups is 1. The van der Waals surface area contributed by atoms with Gasteiger partial charge >= 0.3 is 11.9 Å². The number of carboxylic acids is 1. The first-order valence-corrected chi connectivity index (χ1v) is 3.86. The van der Waals surface area contributed by atoms with E-state index in [0.29, 0.717) is 0 Å². The van der Waals surface area contributed by atoms with E-state index in [2.05, 4.69) is 4.37 Å². The standard InChI is InChI=1S/C6H5F2NO2S/c7-6(8,5(10)11)3-4-1-2-12-9-4/h1-2H,3H2,(H,10,11). The van der Waals surface area contributed by atoms with Crippen LogP contribution in [0.25, 0.3) is 0 Å². The predicted octanol–water partition coefficient (Wildman–Crippen LogP) is 1.41. The summed E-state index contributed by atoms with van der Waals surface area (Å²) in [5.41, 5.74) is 0.104. The van der Waals surface area contributed by atoms with E-state index in [1.807, 2.05) is 0 Å². The Balaban J connectivity index is 2.69. The Morgan fingerprint density at radius 1 is 1.75 bits per heavy atom. The quantitative estimate of drug-likeness (QED) is 0.789. The van der Waals surface area contributed by atoms with E-state index in [1.165, 1.54) is 11.4 Å². The molecule has 12 heavy (non-hydrogen) atoms. The highest BCUT2D eigenvalue weighted by molar-refractivity contribution is 7.03. The first-order chi connectivity index (χ1) is 5.52.